The number of thiophene rings is 1. The van der Waals surface area contributed by atoms with Gasteiger partial charge < -0.3 is 28.8 Å². The minimum Gasteiger partial charge on any atom is -0.496 e. The highest BCUT2D eigenvalue weighted by atomic mass is 32.1. The maximum atomic E-state index is 14.0. The van der Waals surface area contributed by atoms with Gasteiger partial charge in [-0.2, -0.15) is 0 Å². The number of carbonyl (C=O) groups is 3. The maximum Gasteiger partial charge on any atom is 0.329 e. The second kappa shape index (κ2) is 13.1. The summed E-state index contributed by atoms with van der Waals surface area (Å²) in [7, 11) is 3.50. The van der Waals surface area contributed by atoms with Crippen molar-refractivity contribution in [1.82, 2.24) is 14.8 Å². The van der Waals surface area contributed by atoms with E-state index in [0.29, 0.717) is 39.7 Å². The van der Waals surface area contributed by atoms with Gasteiger partial charge in [0.1, 0.15) is 28.7 Å². The summed E-state index contributed by atoms with van der Waals surface area (Å²) in [5, 5.41) is 10.4. The van der Waals surface area contributed by atoms with Crippen LogP contribution < -0.4 is 9.64 Å². The van der Waals surface area contributed by atoms with Gasteiger partial charge in [-0.1, -0.05) is 18.2 Å². The molecular weight excluding hydrogens is 584 g/mol. The Hall–Kier alpha value is -3.74. The predicted octanol–water partition coefficient (Wildman–Crippen LogP) is 5.00. The van der Waals surface area contributed by atoms with Crippen LogP contribution in [0.3, 0.4) is 0 Å². The van der Waals surface area contributed by atoms with E-state index in [1.807, 2.05) is 36.2 Å². The summed E-state index contributed by atoms with van der Waals surface area (Å²) in [5.74, 6) is -0.980. The number of hydrogen-bond donors (Lipinski definition) is 1. The van der Waals surface area contributed by atoms with Gasteiger partial charge in [-0.25, -0.2) is 9.78 Å². The molecule has 0 radical (unpaired) electrons. The highest BCUT2D eigenvalue weighted by Gasteiger charge is 2.41. The topological polar surface area (TPSA) is 126 Å². The molecule has 12 heteroatoms. The molecule has 0 aliphatic carbocycles. The molecule has 4 heterocycles. The zero-order valence-corrected chi connectivity index (χ0v) is 26.6. The number of rotatable bonds is 12. The summed E-state index contributed by atoms with van der Waals surface area (Å²) in [4.78, 5) is 48.4. The van der Waals surface area contributed by atoms with E-state index in [0.717, 1.165) is 36.4 Å². The van der Waals surface area contributed by atoms with Crippen LogP contribution >= 0.6 is 11.3 Å². The number of fused-ring (bicyclic) bond motifs is 1. The summed E-state index contributed by atoms with van der Waals surface area (Å²) < 4.78 is 18.2. The first-order valence-corrected chi connectivity index (χ1v) is 15.7. The Morgan fingerprint density at radius 3 is 2.73 bits per heavy atom. The Labute approximate surface area is 261 Å². The van der Waals surface area contributed by atoms with E-state index in [2.05, 4.69) is 9.88 Å². The molecule has 3 atom stereocenters. The number of nitrogens with zero attached hydrogens (tertiary/aromatic N) is 4. The Bertz CT molecular complexity index is 1490. The summed E-state index contributed by atoms with van der Waals surface area (Å²) in [6, 6.07) is 8.31. The molecule has 2 aromatic heterocycles. The van der Waals surface area contributed by atoms with Gasteiger partial charge in [0.2, 0.25) is 12.3 Å². The Kier molecular flexibility index (Phi) is 9.42. The number of amides is 2. The Balaban J connectivity index is 1.52. The minimum atomic E-state index is -1.77. The largest absolute Gasteiger partial charge is 0.496 e. The molecule has 0 spiro atoms. The molecule has 2 amide bonds. The molecule has 1 aromatic carbocycles. The van der Waals surface area contributed by atoms with Gasteiger partial charge in [-0.3, -0.25) is 14.5 Å². The van der Waals surface area contributed by atoms with E-state index < -0.39 is 23.5 Å². The summed E-state index contributed by atoms with van der Waals surface area (Å²) in [5.41, 5.74) is -0.123. The molecule has 0 bridgehead atoms. The summed E-state index contributed by atoms with van der Waals surface area (Å²) in [6.07, 6.45) is 7.20. The van der Waals surface area contributed by atoms with Crippen LogP contribution in [0.1, 0.15) is 67.1 Å². The first-order chi connectivity index (χ1) is 21.1. The van der Waals surface area contributed by atoms with Crippen molar-refractivity contribution in [3.05, 3.63) is 53.4 Å². The first-order valence-electron chi connectivity index (χ1n) is 14.9. The number of carboxylic acid groups (broad SMARTS) is 1. The van der Waals surface area contributed by atoms with E-state index in [9.17, 15) is 19.5 Å². The van der Waals surface area contributed by atoms with Gasteiger partial charge in [0, 0.05) is 31.7 Å². The van der Waals surface area contributed by atoms with Crippen molar-refractivity contribution >= 4 is 34.6 Å². The number of anilines is 1. The number of oxazole rings is 1. The molecule has 11 nitrogen and oxygen atoms in total. The average Bonchev–Trinajstić information content (AvgIpc) is 3.77. The number of ether oxygens (including phenoxy) is 2. The molecule has 236 valence electrons. The zero-order chi connectivity index (χ0) is 31.6. The number of methoxy groups -OCH3 is 1. The second-order valence-electron chi connectivity index (χ2n) is 11.9. The fourth-order valence-corrected chi connectivity index (χ4v) is 7.45. The van der Waals surface area contributed by atoms with Gasteiger partial charge in [0.15, 0.2) is 0 Å². The average molecular weight is 625 g/mol. The number of piperidine rings is 1. The van der Waals surface area contributed by atoms with Crippen molar-refractivity contribution in [2.24, 2.45) is 0 Å². The predicted molar refractivity (Wildman–Crippen MR) is 166 cm³/mol. The monoisotopic (exact) mass is 624 g/mol. The number of aromatic nitrogens is 1. The van der Waals surface area contributed by atoms with Gasteiger partial charge in [-0.15, -0.1) is 11.3 Å². The first kappa shape index (κ1) is 31.7. The molecule has 44 heavy (non-hydrogen) atoms. The number of benzene rings is 1. The minimum absolute atomic E-state index is 0.0636. The second-order valence-corrected chi connectivity index (χ2v) is 12.9. The van der Waals surface area contributed by atoms with Crippen LogP contribution in [0.25, 0.3) is 10.8 Å². The molecule has 2 aliphatic heterocycles. The number of para-hydroxylation sites is 1. The number of carboxylic acids is 1. The van der Waals surface area contributed by atoms with Crippen LogP contribution in [0.4, 0.5) is 5.00 Å². The highest BCUT2D eigenvalue weighted by Crippen LogP contribution is 2.43. The Morgan fingerprint density at radius 2 is 2.05 bits per heavy atom. The van der Waals surface area contributed by atoms with Gasteiger partial charge in [0.05, 0.1) is 29.9 Å². The van der Waals surface area contributed by atoms with Crippen molar-refractivity contribution in [3.8, 4) is 16.5 Å². The lowest BCUT2D eigenvalue weighted by molar-refractivity contribution is -0.150. The zero-order valence-electron chi connectivity index (χ0n) is 25.8. The van der Waals surface area contributed by atoms with E-state index in [4.69, 9.17) is 13.9 Å². The van der Waals surface area contributed by atoms with Crippen LogP contribution in [0.15, 0.2) is 41.1 Å². The van der Waals surface area contributed by atoms with Crippen LogP contribution in [0, 0.1) is 6.92 Å². The van der Waals surface area contributed by atoms with E-state index in [1.54, 1.807) is 14.0 Å². The van der Waals surface area contributed by atoms with Crippen LogP contribution in [0.5, 0.6) is 5.75 Å². The molecule has 3 aromatic rings. The molecule has 5 rings (SSSR count). The lowest BCUT2D eigenvalue weighted by atomic mass is 9.99. The van der Waals surface area contributed by atoms with Crippen molar-refractivity contribution in [1.29, 1.82) is 0 Å². The normalized spacial score (nSPS) is 19.3. The van der Waals surface area contributed by atoms with E-state index >= 15 is 0 Å². The third-order valence-corrected chi connectivity index (χ3v) is 10.2. The molecule has 1 N–H and O–H groups in total. The van der Waals surface area contributed by atoms with Crippen molar-refractivity contribution < 1.29 is 33.4 Å². The molecule has 2 aliphatic rings. The summed E-state index contributed by atoms with van der Waals surface area (Å²) in [6.45, 7) is 6.91. The molecule has 0 saturated carbocycles. The van der Waals surface area contributed by atoms with Crippen molar-refractivity contribution in [3.63, 3.8) is 0 Å². The lowest BCUT2D eigenvalue weighted by Gasteiger charge is -2.37. The third kappa shape index (κ3) is 6.11. The molecule has 3 unspecified atom stereocenters. The number of imide groups is 1. The number of hydrogen-bond acceptors (Lipinski definition) is 10. The van der Waals surface area contributed by atoms with Gasteiger partial charge >= 0.3 is 5.97 Å². The fourth-order valence-electron chi connectivity index (χ4n) is 6.24. The Morgan fingerprint density at radius 1 is 1.27 bits per heavy atom. The van der Waals surface area contributed by atoms with Crippen molar-refractivity contribution in [2.75, 3.05) is 38.7 Å². The number of aliphatic carboxylic acids is 1. The van der Waals surface area contributed by atoms with Crippen LogP contribution in [-0.4, -0.2) is 89.7 Å². The standard InChI is InChI=1S/C32H40N4O7S/c1-20-26(29(38)36(19-37)32(2,3)31(39)40)30(44-27(20)28-33-13-16-42-28)34(4)18-25(23-10-6-7-11-24(23)41-5)43-22-12-15-35-14-8-9-21(35)17-22/h6-7,10-11,13,16,19,21-22,25H,8-9,12,14-15,17-18H2,1-5H3,(H,39,40). The molecule has 2 saturated heterocycles. The SMILES string of the molecule is COc1ccccc1C(CN(C)c1sc(-c2ncco2)c(C)c1C(=O)N(C=O)C(C)(C)C(=O)O)OC1CCN2CCCC2C1. The quantitative estimate of drug-likeness (QED) is 0.275. The maximum absolute atomic E-state index is 14.0. The third-order valence-electron chi connectivity index (χ3n) is 8.82. The highest BCUT2D eigenvalue weighted by molar-refractivity contribution is 7.20. The summed E-state index contributed by atoms with van der Waals surface area (Å²) >= 11 is 1.30. The lowest BCUT2D eigenvalue weighted by Crippen LogP contribution is -2.52. The van der Waals surface area contributed by atoms with Gasteiger partial charge in [0.25, 0.3) is 5.91 Å². The van der Waals surface area contributed by atoms with E-state index in [-0.39, 0.29) is 18.1 Å². The van der Waals surface area contributed by atoms with Crippen LogP contribution in [-0.2, 0) is 14.3 Å². The van der Waals surface area contributed by atoms with Gasteiger partial charge in [-0.05, 0) is 64.6 Å². The molecular formula is C32H40N4O7S. The van der Waals surface area contributed by atoms with E-state index in [1.165, 1.54) is 50.5 Å². The number of carbonyl (C=O) groups excluding carboxylic acids is 2. The smallest absolute Gasteiger partial charge is 0.329 e. The van der Waals surface area contributed by atoms with Crippen molar-refractivity contribution in [2.45, 2.75) is 70.2 Å². The number of likely N-dealkylation sites (N-methyl/N-ethyl adjacent to an activating group) is 1. The molecule has 2 fully saturated rings. The fraction of sp³-hybridized carbons (Fsp3) is 0.500. The van der Waals surface area contributed by atoms with Crippen LogP contribution in [0.2, 0.25) is 0 Å².